The monoisotopic (exact) mass is 332 g/mol. The molecule has 1 aliphatic heterocycles. The number of nitrogens with two attached hydrogens (primary N) is 1. The van der Waals surface area contributed by atoms with E-state index in [2.05, 4.69) is 0 Å². The van der Waals surface area contributed by atoms with Gasteiger partial charge in [-0.15, -0.1) is 0 Å². The summed E-state index contributed by atoms with van der Waals surface area (Å²) in [6, 6.07) is 6.61. The number of rotatable bonds is 5. The quantitative estimate of drug-likeness (QED) is 0.824. The zero-order valence-corrected chi connectivity index (χ0v) is 13.5. The lowest BCUT2D eigenvalue weighted by Crippen LogP contribution is -2.38. The van der Waals surface area contributed by atoms with E-state index in [1.54, 1.807) is 24.3 Å². The fraction of sp³-hybridized carbons (Fsp3) is 0.538. The molecule has 0 amide bonds. The first-order valence-electron chi connectivity index (χ1n) is 6.67. The molecule has 1 heterocycles. The van der Waals surface area contributed by atoms with Gasteiger partial charge >= 0.3 is 0 Å². The molecule has 8 heteroatoms. The molecule has 21 heavy (non-hydrogen) atoms. The van der Waals surface area contributed by atoms with Gasteiger partial charge in [0.25, 0.3) is 0 Å². The van der Waals surface area contributed by atoms with E-state index in [9.17, 15) is 16.8 Å². The molecule has 2 rings (SSSR count). The van der Waals surface area contributed by atoms with Crippen LogP contribution in [0.1, 0.15) is 17.5 Å². The van der Waals surface area contributed by atoms with Gasteiger partial charge in [-0.05, 0) is 17.5 Å². The summed E-state index contributed by atoms with van der Waals surface area (Å²) >= 11 is 0. The average molecular weight is 332 g/mol. The number of nitrogens with zero attached hydrogens (tertiary/aromatic N) is 1. The summed E-state index contributed by atoms with van der Waals surface area (Å²) in [5, 5.41) is 0. The van der Waals surface area contributed by atoms with Crippen molar-refractivity contribution in [2.45, 2.75) is 24.8 Å². The Morgan fingerprint density at radius 3 is 2.29 bits per heavy atom. The van der Waals surface area contributed by atoms with Crippen LogP contribution in [-0.2, 0) is 32.2 Å². The molecule has 1 fully saturated rings. The van der Waals surface area contributed by atoms with Crippen LogP contribution in [0.3, 0.4) is 0 Å². The highest BCUT2D eigenvalue weighted by Gasteiger charge is 2.35. The van der Waals surface area contributed by atoms with Crippen LogP contribution in [0, 0.1) is 0 Å². The molecular formula is C13H20N2O4S2. The highest BCUT2D eigenvalue weighted by Crippen LogP contribution is 2.21. The summed E-state index contributed by atoms with van der Waals surface area (Å²) in [5.41, 5.74) is 7.10. The summed E-state index contributed by atoms with van der Waals surface area (Å²) in [6.45, 7) is 0.410. The third-order valence-corrected chi connectivity index (χ3v) is 7.39. The van der Waals surface area contributed by atoms with Crippen molar-refractivity contribution in [3.05, 3.63) is 35.4 Å². The van der Waals surface area contributed by atoms with E-state index < -0.39 is 25.9 Å². The van der Waals surface area contributed by atoms with Crippen LogP contribution in [0.2, 0.25) is 0 Å². The maximum atomic E-state index is 12.4. The standard InChI is InChI=1S/C13H20N2O4S2/c1-15(13-6-7-20(16,17)10-13)21(18,19)9-12-4-2-11(8-14)3-5-12/h2-5,13H,6-10,14H2,1H3. The third kappa shape index (κ3) is 4.03. The van der Waals surface area contributed by atoms with E-state index in [1.165, 1.54) is 11.4 Å². The van der Waals surface area contributed by atoms with E-state index in [4.69, 9.17) is 5.73 Å². The lowest BCUT2D eigenvalue weighted by atomic mass is 10.1. The van der Waals surface area contributed by atoms with Crippen molar-refractivity contribution in [1.29, 1.82) is 0 Å². The molecule has 0 bridgehead atoms. The van der Waals surface area contributed by atoms with Crippen molar-refractivity contribution in [3.63, 3.8) is 0 Å². The maximum absolute atomic E-state index is 12.4. The molecular weight excluding hydrogens is 312 g/mol. The van der Waals surface area contributed by atoms with Crippen LogP contribution in [0.5, 0.6) is 0 Å². The lowest BCUT2D eigenvalue weighted by Gasteiger charge is -2.22. The van der Waals surface area contributed by atoms with Crippen molar-refractivity contribution in [2.24, 2.45) is 5.73 Å². The molecule has 118 valence electrons. The summed E-state index contributed by atoms with van der Waals surface area (Å²) in [6.07, 6.45) is 0.365. The van der Waals surface area contributed by atoms with Gasteiger partial charge in [-0.25, -0.2) is 21.1 Å². The molecule has 1 aromatic carbocycles. The van der Waals surface area contributed by atoms with E-state index >= 15 is 0 Å². The third-order valence-electron chi connectivity index (χ3n) is 3.77. The molecule has 2 N–H and O–H groups in total. The Bertz CT molecular complexity index is 696. The smallest absolute Gasteiger partial charge is 0.218 e. The van der Waals surface area contributed by atoms with E-state index in [0.717, 1.165) is 5.56 Å². The number of hydrogen-bond donors (Lipinski definition) is 1. The summed E-state index contributed by atoms with van der Waals surface area (Å²) in [7, 11) is -5.18. The average Bonchev–Trinajstić information content (AvgIpc) is 2.78. The first-order valence-corrected chi connectivity index (χ1v) is 10.1. The summed E-state index contributed by atoms with van der Waals surface area (Å²) in [5.74, 6) is -0.164. The normalized spacial score (nSPS) is 21.8. The second kappa shape index (κ2) is 6.04. The first-order chi connectivity index (χ1) is 9.73. The Morgan fingerprint density at radius 1 is 1.24 bits per heavy atom. The SMILES string of the molecule is CN(C1CCS(=O)(=O)C1)S(=O)(=O)Cc1ccc(CN)cc1. The minimum Gasteiger partial charge on any atom is -0.326 e. The second-order valence-electron chi connectivity index (χ2n) is 5.35. The predicted molar refractivity (Wildman–Crippen MR) is 81.8 cm³/mol. The molecule has 0 aliphatic carbocycles. The fourth-order valence-corrected chi connectivity index (χ4v) is 5.69. The van der Waals surface area contributed by atoms with Gasteiger partial charge in [0.2, 0.25) is 10.0 Å². The molecule has 1 saturated heterocycles. The van der Waals surface area contributed by atoms with Crippen molar-refractivity contribution in [1.82, 2.24) is 4.31 Å². The predicted octanol–water partition coefficient (Wildman–Crippen LogP) is 0.0940. The van der Waals surface area contributed by atoms with Crippen LogP contribution in [0.4, 0.5) is 0 Å². The minimum absolute atomic E-state index is 0.0583. The Morgan fingerprint density at radius 2 is 1.81 bits per heavy atom. The Kier molecular flexibility index (Phi) is 4.72. The Balaban J connectivity index is 2.10. The Hall–Kier alpha value is -0.960. The maximum Gasteiger partial charge on any atom is 0.218 e. The zero-order chi connectivity index (χ0) is 15.7. The number of hydrogen-bond acceptors (Lipinski definition) is 5. The molecule has 0 saturated carbocycles. The molecule has 1 aliphatic rings. The van der Waals surface area contributed by atoms with Gasteiger partial charge in [-0.2, -0.15) is 0 Å². The van der Waals surface area contributed by atoms with E-state index in [0.29, 0.717) is 18.5 Å². The van der Waals surface area contributed by atoms with Crippen LogP contribution < -0.4 is 5.73 Å². The topological polar surface area (TPSA) is 97.5 Å². The van der Waals surface area contributed by atoms with Crippen molar-refractivity contribution in [2.75, 3.05) is 18.6 Å². The molecule has 1 aromatic rings. The molecule has 0 spiro atoms. The molecule has 6 nitrogen and oxygen atoms in total. The molecule has 1 atom stereocenters. The number of sulfonamides is 1. The van der Waals surface area contributed by atoms with Crippen LogP contribution >= 0.6 is 0 Å². The molecule has 0 radical (unpaired) electrons. The van der Waals surface area contributed by atoms with Crippen LogP contribution in [0.15, 0.2) is 24.3 Å². The zero-order valence-electron chi connectivity index (χ0n) is 11.9. The van der Waals surface area contributed by atoms with E-state index in [1.807, 2.05) is 0 Å². The van der Waals surface area contributed by atoms with Crippen molar-refractivity contribution >= 4 is 19.9 Å². The van der Waals surface area contributed by atoms with Gasteiger partial charge in [-0.3, -0.25) is 0 Å². The van der Waals surface area contributed by atoms with E-state index in [-0.39, 0.29) is 17.3 Å². The fourth-order valence-electron chi connectivity index (χ4n) is 2.37. The van der Waals surface area contributed by atoms with Crippen molar-refractivity contribution < 1.29 is 16.8 Å². The van der Waals surface area contributed by atoms with Gasteiger partial charge < -0.3 is 5.73 Å². The van der Waals surface area contributed by atoms with Crippen LogP contribution in [0.25, 0.3) is 0 Å². The van der Waals surface area contributed by atoms with Gasteiger partial charge in [-0.1, -0.05) is 24.3 Å². The van der Waals surface area contributed by atoms with Gasteiger partial charge in [0, 0.05) is 19.6 Å². The lowest BCUT2D eigenvalue weighted by molar-refractivity contribution is 0.393. The summed E-state index contributed by atoms with van der Waals surface area (Å²) in [4.78, 5) is 0. The summed E-state index contributed by atoms with van der Waals surface area (Å²) < 4.78 is 48.9. The minimum atomic E-state index is -3.53. The van der Waals surface area contributed by atoms with Gasteiger partial charge in [0.05, 0.1) is 17.3 Å². The number of sulfone groups is 1. The Labute approximate surface area is 125 Å². The van der Waals surface area contributed by atoms with Crippen LogP contribution in [-0.4, -0.2) is 45.7 Å². The highest BCUT2D eigenvalue weighted by molar-refractivity contribution is 7.92. The number of benzene rings is 1. The molecule has 1 unspecified atom stereocenters. The largest absolute Gasteiger partial charge is 0.326 e. The molecule has 0 aromatic heterocycles. The van der Waals surface area contributed by atoms with Crippen molar-refractivity contribution in [3.8, 4) is 0 Å². The highest BCUT2D eigenvalue weighted by atomic mass is 32.2. The first kappa shape index (κ1) is 16.4. The van der Waals surface area contributed by atoms with Gasteiger partial charge in [0.15, 0.2) is 9.84 Å². The second-order valence-corrected chi connectivity index (χ2v) is 9.61. The van der Waals surface area contributed by atoms with Gasteiger partial charge in [0.1, 0.15) is 0 Å².